The van der Waals surface area contributed by atoms with E-state index in [1.165, 1.54) is 33.8 Å². The van der Waals surface area contributed by atoms with Gasteiger partial charge in [-0.15, -0.1) is 0 Å². The maximum absolute atomic E-state index is 13.7. The van der Waals surface area contributed by atoms with Crippen LogP contribution in [0.5, 0.6) is 5.75 Å². The van der Waals surface area contributed by atoms with Crippen molar-refractivity contribution < 1.29 is 14.5 Å². The highest BCUT2D eigenvalue weighted by atomic mass is 16.6. The third kappa shape index (κ3) is 4.56. The lowest BCUT2D eigenvalue weighted by atomic mass is 10.1. The van der Waals surface area contributed by atoms with Gasteiger partial charge in [-0.25, -0.2) is 4.68 Å². The summed E-state index contributed by atoms with van der Waals surface area (Å²) in [6, 6.07) is 21.7. The molecule has 0 radical (unpaired) electrons. The average molecular weight is 473 g/mol. The topological polar surface area (TPSA) is 99.6 Å². The summed E-state index contributed by atoms with van der Waals surface area (Å²) in [6.07, 6.45) is 0. The highest BCUT2D eigenvalue weighted by molar-refractivity contribution is 6.06. The average Bonchev–Trinajstić information content (AvgIpc) is 3.10. The minimum atomic E-state index is -0.525. The van der Waals surface area contributed by atoms with Crippen molar-refractivity contribution in [2.24, 2.45) is 7.05 Å². The number of nitrogens with zero attached hydrogens (tertiary/aromatic N) is 4. The number of aromatic nitrogens is 2. The highest BCUT2D eigenvalue weighted by Crippen LogP contribution is 2.24. The second-order valence-corrected chi connectivity index (χ2v) is 7.95. The van der Waals surface area contributed by atoms with Gasteiger partial charge in [-0.2, -0.15) is 0 Å². The number of amides is 1. The second kappa shape index (κ2) is 9.68. The van der Waals surface area contributed by atoms with E-state index in [4.69, 9.17) is 4.74 Å². The summed E-state index contributed by atoms with van der Waals surface area (Å²) in [6.45, 7) is 1.90. The molecule has 0 atom stereocenters. The van der Waals surface area contributed by atoms with E-state index < -0.39 is 10.8 Å². The lowest BCUT2D eigenvalue weighted by molar-refractivity contribution is -0.384. The summed E-state index contributed by atoms with van der Waals surface area (Å²) in [5.74, 6) is 0.228. The van der Waals surface area contributed by atoms with Crippen LogP contribution in [0, 0.1) is 17.0 Å². The maximum Gasteiger partial charge on any atom is 0.295 e. The molecule has 0 aliphatic heterocycles. The predicted molar refractivity (Wildman–Crippen MR) is 132 cm³/mol. The largest absolute Gasteiger partial charge is 0.497 e. The van der Waals surface area contributed by atoms with Crippen molar-refractivity contribution in [1.82, 2.24) is 9.36 Å². The molecule has 1 heterocycles. The van der Waals surface area contributed by atoms with Crippen LogP contribution in [0.1, 0.15) is 21.6 Å². The van der Waals surface area contributed by atoms with Gasteiger partial charge in [0, 0.05) is 24.7 Å². The number of hydrogen-bond donors (Lipinski definition) is 0. The Hall–Kier alpha value is -4.66. The van der Waals surface area contributed by atoms with Crippen molar-refractivity contribution in [1.29, 1.82) is 0 Å². The van der Waals surface area contributed by atoms with Crippen molar-refractivity contribution in [2.75, 3.05) is 12.0 Å². The Morgan fingerprint density at radius 2 is 1.63 bits per heavy atom. The number of hydrogen-bond acceptors (Lipinski definition) is 5. The number of benzene rings is 3. The van der Waals surface area contributed by atoms with Gasteiger partial charge >= 0.3 is 0 Å². The first-order chi connectivity index (χ1) is 16.8. The Morgan fingerprint density at radius 3 is 2.20 bits per heavy atom. The molecular weight excluding hydrogens is 448 g/mol. The molecule has 0 aliphatic carbocycles. The molecule has 9 nitrogen and oxygen atoms in total. The molecule has 0 saturated carbocycles. The Bertz CT molecular complexity index is 1420. The van der Waals surface area contributed by atoms with E-state index in [9.17, 15) is 19.7 Å². The number of rotatable bonds is 7. The van der Waals surface area contributed by atoms with E-state index in [0.717, 1.165) is 5.56 Å². The van der Waals surface area contributed by atoms with Crippen molar-refractivity contribution in [3.8, 4) is 11.4 Å². The Morgan fingerprint density at radius 1 is 1.00 bits per heavy atom. The van der Waals surface area contributed by atoms with Crippen LogP contribution in [0.15, 0.2) is 83.7 Å². The molecule has 35 heavy (non-hydrogen) atoms. The normalized spacial score (nSPS) is 10.7. The van der Waals surface area contributed by atoms with Gasteiger partial charge in [-0.05, 0) is 48.9 Å². The summed E-state index contributed by atoms with van der Waals surface area (Å²) in [4.78, 5) is 39.3. The zero-order valence-electron chi connectivity index (χ0n) is 19.5. The number of methoxy groups -OCH3 is 1. The van der Waals surface area contributed by atoms with Gasteiger partial charge in [0.2, 0.25) is 0 Å². The quantitative estimate of drug-likeness (QED) is 0.296. The number of carbonyl (C=O) groups is 1. The van der Waals surface area contributed by atoms with E-state index in [2.05, 4.69) is 0 Å². The molecule has 3 aromatic carbocycles. The molecule has 0 unspecified atom stereocenters. The van der Waals surface area contributed by atoms with Crippen LogP contribution in [0.3, 0.4) is 0 Å². The van der Waals surface area contributed by atoms with Crippen LogP contribution in [0.2, 0.25) is 0 Å². The van der Waals surface area contributed by atoms with E-state index in [-0.39, 0.29) is 29.0 Å². The van der Waals surface area contributed by atoms with E-state index in [0.29, 0.717) is 17.1 Å². The minimum Gasteiger partial charge on any atom is -0.497 e. The highest BCUT2D eigenvalue weighted by Gasteiger charge is 2.27. The van der Waals surface area contributed by atoms with Crippen LogP contribution in [0.4, 0.5) is 11.4 Å². The van der Waals surface area contributed by atoms with Crippen molar-refractivity contribution in [3.05, 3.63) is 116 Å². The summed E-state index contributed by atoms with van der Waals surface area (Å²) < 4.78 is 8.43. The first-order valence-electron chi connectivity index (χ1n) is 10.8. The summed E-state index contributed by atoms with van der Waals surface area (Å²) >= 11 is 0. The van der Waals surface area contributed by atoms with Gasteiger partial charge < -0.3 is 4.74 Å². The van der Waals surface area contributed by atoms with Gasteiger partial charge in [-0.1, -0.05) is 30.3 Å². The second-order valence-electron chi connectivity index (χ2n) is 7.95. The SMILES string of the molecule is COc1ccc(CN(C(=O)c2ccc([N+](=O)[O-])cc2)c2c(C)n(C)n(-c3ccccc3)c2=O)cc1. The van der Waals surface area contributed by atoms with Gasteiger partial charge in [0.25, 0.3) is 17.2 Å². The van der Waals surface area contributed by atoms with Gasteiger partial charge in [0.15, 0.2) is 0 Å². The molecule has 0 aliphatic rings. The molecule has 9 heteroatoms. The van der Waals surface area contributed by atoms with Crippen molar-refractivity contribution in [3.63, 3.8) is 0 Å². The maximum atomic E-state index is 13.7. The number of ether oxygens (including phenoxy) is 1. The molecule has 0 bridgehead atoms. The first kappa shape index (κ1) is 23.5. The smallest absolute Gasteiger partial charge is 0.295 e. The molecule has 1 aromatic heterocycles. The standard InChI is InChI=1S/C26H24N4O5/c1-18-24(26(32)29(27(18)2)21-7-5-4-6-8-21)28(17-19-9-15-23(35-3)16-10-19)25(31)20-11-13-22(14-12-20)30(33)34/h4-16H,17H2,1-3H3. The third-order valence-corrected chi connectivity index (χ3v) is 5.86. The lowest BCUT2D eigenvalue weighted by Crippen LogP contribution is -2.35. The predicted octanol–water partition coefficient (Wildman–Crippen LogP) is 4.25. The summed E-state index contributed by atoms with van der Waals surface area (Å²) in [7, 11) is 3.33. The fourth-order valence-corrected chi connectivity index (χ4v) is 3.91. The van der Waals surface area contributed by atoms with E-state index in [1.807, 2.05) is 42.5 Å². The molecule has 0 saturated heterocycles. The van der Waals surface area contributed by atoms with E-state index >= 15 is 0 Å². The third-order valence-electron chi connectivity index (χ3n) is 5.86. The molecule has 0 spiro atoms. The number of para-hydroxylation sites is 1. The van der Waals surface area contributed by atoms with Gasteiger partial charge in [0.1, 0.15) is 11.4 Å². The lowest BCUT2D eigenvalue weighted by Gasteiger charge is -2.22. The summed E-state index contributed by atoms with van der Waals surface area (Å²) in [5, 5.41) is 11.0. The molecule has 0 N–H and O–H groups in total. The molecule has 4 rings (SSSR count). The number of nitro groups is 1. The Labute approximate surface area is 201 Å². The number of anilines is 1. The van der Waals surface area contributed by atoms with Crippen LogP contribution in [-0.2, 0) is 13.6 Å². The van der Waals surface area contributed by atoms with Crippen LogP contribution >= 0.6 is 0 Å². The molecule has 0 fully saturated rings. The molecule has 1 amide bonds. The van der Waals surface area contributed by atoms with Crippen LogP contribution in [0.25, 0.3) is 5.69 Å². The van der Waals surface area contributed by atoms with Crippen molar-refractivity contribution >= 4 is 17.3 Å². The fourth-order valence-electron chi connectivity index (χ4n) is 3.91. The Kier molecular flexibility index (Phi) is 6.50. The number of carbonyl (C=O) groups excluding carboxylic acids is 1. The first-order valence-corrected chi connectivity index (χ1v) is 10.8. The van der Waals surface area contributed by atoms with Crippen LogP contribution < -0.4 is 15.2 Å². The zero-order chi connectivity index (χ0) is 25.1. The Balaban J connectivity index is 1.83. The zero-order valence-corrected chi connectivity index (χ0v) is 19.5. The number of non-ortho nitro benzene ring substituents is 1. The molecule has 178 valence electrons. The summed E-state index contributed by atoms with van der Waals surface area (Å²) in [5.41, 5.74) is 2.05. The molecule has 4 aromatic rings. The molecular formula is C26H24N4O5. The fraction of sp³-hybridized carbons (Fsp3) is 0.154. The van der Waals surface area contributed by atoms with Crippen LogP contribution in [-0.4, -0.2) is 27.3 Å². The van der Waals surface area contributed by atoms with E-state index in [1.54, 1.807) is 37.9 Å². The van der Waals surface area contributed by atoms with Gasteiger partial charge in [0.05, 0.1) is 30.0 Å². The minimum absolute atomic E-state index is 0.120. The number of nitro benzene ring substituents is 1. The van der Waals surface area contributed by atoms with Crippen molar-refractivity contribution in [2.45, 2.75) is 13.5 Å². The van der Waals surface area contributed by atoms with Gasteiger partial charge in [-0.3, -0.25) is 29.3 Å². The monoisotopic (exact) mass is 472 g/mol.